The number of fused-ring (bicyclic) bond motifs is 1. The molecule has 0 saturated carbocycles. The Morgan fingerprint density at radius 2 is 2.23 bits per heavy atom. The molecule has 1 amide bonds. The Balaban J connectivity index is 2.63. The molecule has 1 aliphatic rings. The Hall–Kier alpha value is -0.100. The number of hydrogen-bond donors (Lipinski definition) is 1. The molecular formula is C9H7BrINO. The second-order valence-corrected chi connectivity index (χ2v) is 5.02. The molecule has 13 heavy (non-hydrogen) atoms. The normalized spacial score (nSPS) is 15.1. The van der Waals surface area contributed by atoms with Crippen molar-refractivity contribution in [2.45, 2.75) is 6.42 Å². The quantitative estimate of drug-likeness (QED) is 0.714. The molecule has 2 nitrogen and oxygen atoms in total. The van der Waals surface area contributed by atoms with E-state index >= 15 is 0 Å². The molecular weight excluding hydrogens is 345 g/mol. The maximum absolute atomic E-state index is 11.5. The van der Waals surface area contributed by atoms with E-state index in [1.807, 2.05) is 12.1 Å². The first-order valence-corrected chi connectivity index (χ1v) is 5.82. The number of carbonyl (C=O) groups is 1. The van der Waals surface area contributed by atoms with Gasteiger partial charge in [0.05, 0.1) is 0 Å². The predicted molar refractivity (Wildman–Crippen MR) is 62.9 cm³/mol. The van der Waals surface area contributed by atoms with Crippen LogP contribution >= 0.6 is 38.5 Å². The summed E-state index contributed by atoms with van der Waals surface area (Å²) < 4.78 is 2.13. The Bertz CT molecular complexity index is 378. The molecule has 0 aliphatic carbocycles. The summed E-state index contributed by atoms with van der Waals surface area (Å²) in [5, 5.41) is 2.83. The molecule has 0 saturated heterocycles. The van der Waals surface area contributed by atoms with E-state index in [-0.39, 0.29) is 5.91 Å². The topological polar surface area (TPSA) is 29.1 Å². The van der Waals surface area contributed by atoms with E-state index in [9.17, 15) is 4.79 Å². The largest absolute Gasteiger partial charge is 0.352 e. The molecule has 68 valence electrons. The first-order chi connectivity index (χ1) is 6.18. The zero-order chi connectivity index (χ0) is 9.42. The summed E-state index contributed by atoms with van der Waals surface area (Å²) in [6.45, 7) is 0.741. The van der Waals surface area contributed by atoms with Crippen LogP contribution in [0.15, 0.2) is 16.6 Å². The highest BCUT2D eigenvalue weighted by atomic mass is 127. The third-order valence-corrected chi connectivity index (χ3v) is 3.40. The van der Waals surface area contributed by atoms with Crippen LogP contribution in [0.5, 0.6) is 0 Å². The van der Waals surface area contributed by atoms with Crippen molar-refractivity contribution in [2.24, 2.45) is 0 Å². The maximum atomic E-state index is 11.5. The summed E-state index contributed by atoms with van der Waals surface area (Å²) in [4.78, 5) is 11.5. The number of hydrogen-bond acceptors (Lipinski definition) is 1. The molecule has 1 heterocycles. The Morgan fingerprint density at radius 1 is 1.46 bits per heavy atom. The van der Waals surface area contributed by atoms with Gasteiger partial charge >= 0.3 is 0 Å². The molecule has 0 aromatic heterocycles. The maximum Gasteiger partial charge on any atom is 0.251 e. The number of carbonyl (C=O) groups excluding carboxylic acids is 1. The standard InChI is InChI=1S/C9H7BrINO/c10-8-4-5(11)3-7-6(8)1-2-12-9(7)13/h3-4H,1-2H2,(H,12,13). The van der Waals surface area contributed by atoms with E-state index in [2.05, 4.69) is 43.8 Å². The van der Waals surface area contributed by atoms with Gasteiger partial charge in [0.1, 0.15) is 0 Å². The van der Waals surface area contributed by atoms with Crippen molar-refractivity contribution in [3.63, 3.8) is 0 Å². The van der Waals surface area contributed by atoms with E-state index in [4.69, 9.17) is 0 Å². The van der Waals surface area contributed by atoms with E-state index in [1.165, 1.54) is 0 Å². The minimum atomic E-state index is 0.0421. The Labute approximate surface area is 98.4 Å². The van der Waals surface area contributed by atoms with Crippen molar-refractivity contribution >= 4 is 44.4 Å². The fourth-order valence-electron chi connectivity index (χ4n) is 1.46. The summed E-state index contributed by atoms with van der Waals surface area (Å²) >= 11 is 5.69. The van der Waals surface area contributed by atoms with E-state index in [1.54, 1.807) is 0 Å². The lowest BCUT2D eigenvalue weighted by Crippen LogP contribution is -2.32. The van der Waals surface area contributed by atoms with Gasteiger partial charge in [0.2, 0.25) is 0 Å². The Morgan fingerprint density at radius 3 is 3.00 bits per heavy atom. The fraction of sp³-hybridized carbons (Fsp3) is 0.222. The van der Waals surface area contributed by atoms with Crippen molar-refractivity contribution in [2.75, 3.05) is 6.54 Å². The van der Waals surface area contributed by atoms with Gasteiger partial charge in [-0.1, -0.05) is 15.9 Å². The molecule has 2 rings (SSSR count). The van der Waals surface area contributed by atoms with Gasteiger partial charge in [-0.05, 0) is 46.7 Å². The highest BCUT2D eigenvalue weighted by molar-refractivity contribution is 14.1. The number of amides is 1. The van der Waals surface area contributed by atoms with Gasteiger partial charge in [-0.2, -0.15) is 0 Å². The molecule has 4 heteroatoms. The second kappa shape index (κ2) is 3.57. The van der Waals surface area contributed by atoms with Crippen LogP contribution in [0.25, 0.3) is 0 Å². The molecule has 0 radical (unpaired) electrons. The second-order valence-electron chi connectivity index (χ2n) is 2.92. The molecule has 1 aromatic rings. The van der Waals surface area contributed by atoms with Gasteiger partial charge in [-0.3, -0.25) is 4.79 Å². The van der Waals surface area contributed by atoms with Gasteiger partial charge in [0, 0.05) is 20.2 Å². The first kappa shape index (κ1) is 9.45. The Kier molecular flexibility index (Phi) is 2.60. The zero-order valence-electron chi connectivity index (χ0n) is 6.73. The van der Waals surface area contributed by atoms with Crippen LogP contribution in [-0.4, -0.2) is 12.5 Å². The van der Waals surface area contributed by atoms with Crippen molar-refractivity contribution in [3.05, 3.63) is 31.3 Å². The lowest BCUT2D eigenvalue weighted by Gasteiger charge is -2.17. The van der Waals surface area contributed by atoms with Crippen LogP contribution in [0.1, 0.15) is 15.9 Å². The van der Waals surface area contributed by atoms with Crippen molar-refractivity contribution in [1.82, 2.24) is 5.32 Å². The van der Waals surface area contributed by atoms with Gasteiger partial charge < -0.3 is 5.32 Å². The van der Waals surface area contributed by atoms with Crippen molar-refractivity contribution < 1.29 is 4.79 Å². The number of rotatable bonds is 0. The number of halogens is 2. The molecule has 1 aliphatic heterocycles. The van der Waals surface area contributed by atoms with Gasteiger partial charge in [0.15, 0.2) is 0 Å². The SMILES string of the molecule is O=C1NCCc2c(Br)cc(I)cc21. The molecule has 0 fully saturated rings. The number of benzene rings is 1. The summed E-state index contributed by atoms with van der Waals surface area (Å²) in [6.07, 6.45) is 0.915. The van der Waals surface area contributed by atoms with Crippen LogP contribution in [0, 0.1) is 3.57 Å². The molecule has 0 atom stereocenters. The van der Waals surface area contributed by atoms with E-state index in [0.717, 1.165) is 32.1 Å². The number of nitrogens with one attached hydrogen (secondary N) is 1. The van der Waals surface area contributed by atoms with Gasteiger partial charge in [-0.15, -0.1) is 0 Å². The third-order valence-electron chi connectivity index (χ3n) is 2.07. The van der Waals surface area contributed by atoms with E-state index < -0.39 is 0 Å². The van der Waals surface area contributed by atoms with E-state index in [0.29, 0.717) is 0 Å². The lowest BCUT2D eigenvalue weighted by molar-refractivity contribution is 0.0946. The van der Waals surface area contributed by atoms with Gasteiger partial charge in [-0.25, -0.2) is 0 Å². The average molecular weight is 352 g/mol. The predicted octanol–water partition coefficient (Wildman–Crippen LogP) is 2.34. The molecule has 1 N–H and O–H groups in total. The van der Waals surface area contributed by atoms with Crippen LogP contribution in [0.2, 0.25) is 0 Å². The third kappa shape index (κ3) is 1.74. The minimum absolute atomic E-state index is 0.0421. The monoisotopic (exact) mass is 351 g/mol. The first-order valence-electron chi connectivity index (χ1n) is 3.94. The molecule has 0 unspecified atom stereocenters. The lowest BCUT2D eigenvalue weighted by atomic mass is 10.0. The summed E-state index contributed by atoms with van der Waals surface area (Å²) in [5.41, 5.74) is 1.94. The molecule has 0 bridgehead atoms. The van der Waals surface area contributed by atoms with Crippen LogP contribution in [0.3, 0.4) is 0 Å². The van der Waals surface area contributed by atoms with Crippen molar-refractivity contribution in [3.8, 4) is 0 Å². The summed E-state index contributed by atoms with van der Waals surface area (Å²) in [5.74, 6) is 0.0421. The summed E-state index contributed by atoms with van der Waals surface area (Å²) in [6, 6.07) is 3.97. The summed E-state index contributed by atoms with van der Waals surface area (Å²) in [7, 11) is 0. The zero-order valence-corrected chi connectivity index (χ0v) is 10.5. The fourth-order valence-corrected chi connectivity index (χ4v) is 3.17. The van der Waals surface area contributed by atoms with Crippen LogP contribution in [0.4, 0.5) is 0 Å². The molecule has 1 aromatic carbocycles. The highest BCUT2D eigenvalue weighted by Crippen LogP contribution is 2.26. The van der Waals surface area contributed by atoms with Crippen LogP contribution < -0.4 is 5.32 Å². The van der Waals surface area contributed by atoms with Crippen molar-refractivity contribution in [1.29, 1.82) is 0 Å². The minimum Gasteiger partial charge on any atom is -0.352 e. The highest BCUT2D eigenvalue weighted by Gasteiger charge is 2.18. The van der Waals surface area contributed by atoms with Crippen LogP contribution in [-0.2, 0) is 6.42 Å². The van der Waals surface area contributed by atoms with Gasteiger partial charge in [0.25, 0.3) is 5.91 Å². The smallest absolute Gasteiger partial charge is 0.251 e. The molecule has 0 spiro atoms. The average Bonchev–Trinajstić information content (AvgIpc) is 2.07.